The Balaban J connectivity index is 6.00. The largest absolute Gasteiger partial charge is 0.480 e. The molecule has 0 aliphatic heterocycles. The van der Waals surface area contributed by atoms with Gasteiger partial charge in [0.05, 0.1) is 6.04 Å². The molecule has 19 N–H and O–H groups in total. The van der Waals surface area contributed by atoms with Gasteiger partial charge in [-0.05, 0) is 110 Å². The van der Waals surface area contributed by atoms with Crippen molar-refractivity contribution in [1.82, 2.24) is 21.3 Å². The van der Waals surface area contributed by atoms with Crippen molar-refractivity contribution in [3.63, 3.8) is 0 Å². The molecule has 0 aromatic carbocycles. The lowest BCUT2D eigenvalue weighted by Gasteiger charge is -2.26. The van der Waals surface area contributed by atoms with E-state index in [1.165, 1.54) is 0 Å². The van der Waals surface area contributed by atoms with Gasteiger partial charge in [-0.1, -0.05) is 6.42 Å². The first kappa shape index (κ1) is 44.4. The fraction of sp³-hybridized carbons (Fsp3) is 0.800. The van der Waals surface area contributed by atoms with Crippen LogP contribution in [0.3, 0.4) is 0 Å². The number of hydrogen-bond acceptors (Lipinski definition) is 11. The van der Waals surface area contributed by atoms with E-state index in [0.29, 0.717) is 84.0 Å². The van der Waals surface area contributed by atoms with E-state index in [4.69, 9.17) is 40.1 Å². The minimum atomic E-state index is -1.22. The molecule has 0 saturated carbocycles. The second kappa shape index (κ2) is 27.4. The van der Waals surface area contributed by atoms with Crippen LogP contribution in [0.2, 0.25) is 0 Å². The van der Waals surface area contributed by atoms with Crippen molar-refractivity contribution in [3.8, 4) is 0 Å². The molecule has 18 heteroatoms. The third kappa shape index (κ3) is 20.6. The highest BCUT2D eigenvalue weighted by atomic mass is 16.4. The first-order valence-corrected chi connectivity index (χ1v) is 17.0. The van der Waals surface area contributed by atoms with Gasteiger partial charge in [-0.15, -0.1) is 0 Å². The number of carboxylic acid groups (broad SMARTS) is 1. The number of nitrogens with one attached hydrogen (secondary N) is 4. The highest BCUT2D eigenvalue weighted by molar-refractivity contribution is 5.95. The quantitative estimate of drug-likeness (QED) is 0.0211. The number of hydrogen-bond donors (Lipinski definition) is 12. The van der Waals surface area contributed by atoms with Crippen LogP contribution in [0.5, 0.6) is 0 Å². The number of guanidine groups is 1. The summed E-state index contributed by atoms with van der Waals surface area (Å²) in [5, 5.41) is 20.3. The predicted molar refractivity (Wildman–Crippen MR) is 185 cm³/mol. The Morgan fingerprint density at radius 1 is 0.500 bits per heavy atom. The lowest BCUT2D eigenvalue weighted by Crippen LogP contribution is -2.58. The number of carbonyl (C=O) groups excluding carboxylic acids is 4. The lowest BCUT2D eigenvalue weighted by molar-refractivity contribution is -0.142. The molecule has 0 bridgehead atoms. The molecule has 5 unspecified atom stereocenters. The van der Waals surface area contributed by atoms with Crippen molar-refractivity contribution >= 4 is 35.6 Å². The molecule has 278 valence electrons. The van der Waals surface area contributed by atoms with E-state index in [2.05, 4.69) is 26.3 Å². The number of unbranched alkanes of at least 4 members (excludes halogenated alkanes) is 4. The first-order valence-electron chi connectivity index (χ1n) is 17.0. The Hall–Kier alpha value is -3.58. The molecule has 0 aromatic rings. The Labute approximate surface area is 283 Å². The maximum absolute atomic E-state index is 13.7. The summed E-state index contributed by atoms with van der Waals surface area (Å²) < 4.78 is 0. The number of carboxylic acids is 1. The van der Waals surface area contributed by atoms with Gasteiger partial charge in [0.2, 0.25) is 23.6 Å². The van der Waals surface area contributed by atoms with Crippen LogP contribution in [0.15, 0.2) is 4.99 Å². The molecule has 0 saturated heterocycles. The summed E-state index contributed by atoms with van der Waals surface area (Å²) in [4.78, 5) is 69.1. The van der Waals surface area contributed by atoms with E-state index in [0.717, 1.165) is 0 Å². The van der Waals surface area contributed by atoms with E-state index >= 15 is 0 Å². The van der Waals surface area contributed by atoms with Crippen LogP contribution in [-0.2, 0) is 24.0 Å². The smallest absolute Gasteiger partial charge is 0.326 e. The zero-order chi connectivity index (χ0) is 36.3. The van der Waals surface area contributed by atoms with Crippen molar-refractivity contribution in [2.45, 2.75) is 120 Å². The van der Waals surface area contributed by atoms with Crippen LogP contribution in [0.1, 0.15) is 89.9 Å². The Morgan fingerprint density at radius 3 is 1.21 bits per heavy atom. The van der Waals surface area contributed by atoms with Crippen LogP contribution in [0.25, 0.3) is 0 Å². The van der Waals surface area contributed by atoms with Gasteiger partial charge in [0.15, 0.2) is 5.96 Å². The molecule has 0 aromatic heterocycles. The van der Waals surface area contributed by atoms with Gasteiger partial charge in [0, 0.05) is 6.54 Å². The molecule has 0 aliphatic carbocycles. The maximum Gasteiger partial charge on any atom is 0.326 e. The lowest BCUT2D eigenvalue weighted by atomic mass is 10.0. The van der Waals surface area contributed by atoms with Crippen LogP contribution in [0, 0.1) is 0 Å². The molecular weight excluding hydrogens is 624 g/mol. The summed E-state index contributed by atoms with van der Waals surface area (Å²) in [6.07, 6.45) is 5.98. The number of amides is 4. The van der Waals surface area contributed by atoms with Gasteiger partial charge in [0.1, 0.15) is 24.2 Å². The Kier molecular flexibility index (Phi) is 25.3. The van der Waals surface area contributed by atoms with Crippen LogP contribution >= 0.6 is 0 Å². The molecule has 0 rings (SSSR count). The second-order valence-electron chi connectivity index (χ2n) is 11.8. The molecule has 0 spiro atoms. The van der Waals surface area contributed by atoms with E-state index in [1.807, 2.05) is 0 Å². The minimum Gasteiger partial charge on any atom is -0.480 e. The molecule has 48 heavy (non-hydrogen) atoms. The molecule has 5 atom stereocenters. The highest BCUT2D eigenvalue weighted by Crippen LogP contribution is 2.09. The van der Waals surface area contributed by atoms with Crippen LogP contribution in [-0.4, -0.2) is 104 Å². The third-order valence-electron chi connectivity index (χ3n) is 7.61. The van der Waals surface area contributed by atoms with Gasteiger partial charge in [-0.2, -0.15) is 0 Å². The van der Waals surface area contributed by atoms with E-state index in [9.17, 15) is 29.1 Å². The molecular formula is C30H62N12O6. The minimum absolute atomic E-state index is 0.0762. The number of carbonyl (C=O) groups is 5. The third-order valence-corrected chi connectivity index (χ3v) is 7.61. The summed E-state index contributed by atoms with van der Waals surface area (Å²) in [6.45, 7) is 1.77. The predicted octanol–water partition coefficient (Wildman–Crippen LogP) is -3.09. The summed E-state index contributed by atoms with van der Waals surface area (Å²) in [7, 11) is 0. The zero-order valence-corrected chi connectivity index (χ0v) is 28.3. The standard InChI is InChI=1S/C30H62N12O6/c31-15-5-1-10-20(35)25(43)39-21(11-2-6-16-32)26(44)40-22(12-3-7-17-33)27(45)41-23(14-9-19-38-30(36)37)28(46)42-24(29(47)48)13-4-8-18-34/h20-24H,1-19,31-35H2,(H,39,43)(H,40,44)(H,41,45)(H,42,46)(H,47,48)(H4,36,37,38). The van der Waals surface area contributed by atoms with Gasteiger partial charge in [-0.3, -0.25) is 24.2 Å². The monoisotopic (exact) mass is 686 g/mol. The normalized spacial score (nSPS) is 14.1. The average molecular weight is 687 g/mol. The number of rotatable bonds is 29. The summed E-state index contributed by atoms with van der Waals surface area (Å²) >= 11 is 0. The van der Waals surface area contributed by atoms with Gasteiger partial charge in [-0.25, -0.2) is 4.79 Å². The fourth-order valence-electron chi connectivity index (χ4n) is 4.78. The summed E-state index contributed by atoms with van der Waals surface area (Å²) in [5.74, 6) is -3.83. The van der Waals surface area contributed by atoms with Crippen LogP contribution < -0.4 is 61.4 Å². The molecule has 0 heterocycles. The maximum atomic E-state index is 13.7. The fourth-order valence-corrected chi connectivity index (χ4v) is 4.78. The molecule has 4 amide bonds. The molecule has 0 aliphatic rings. The SMILES string of the molecule is NCCCCC(N)C(=O)NC(CCCCN)C(=O)NC(CCCCN)C(=O)NC(CCCN=C(N)N)C(=O)NC(CCCCN)C(=O)O. The Bertz CT molecular complexity index is 982. The first-order chi connectivity index (χ1) is 22.9. The average Bonchev–Trinajstić information content (AvgIpc) is 3.04. The van der Waals surface area contributed by atoms with Gasteiger partial charge in [0.25, 0.3) is 0 Å². The molecule has 0 radical (unpaired) electrons. The van der Waals surface area contributed by atoms with E-state index in [1.54, 1.807) is 0 Å². The van der Waals surface area contributed by atoms with E-state index in [-0.39, 0.29) is 44.6 Å². The van der Waals surface area contributed by atoms with E-state index < -0.39 is 59.8 Å². The summed E-state index contributed by atoms with van der Waals surface area (Å²) in [6, 6.07) is -5.28. The van der Waals surface area contributed by atoms with Crippen molar-refractivity contribution in [1.29, 1.82) is 0 Å². The zero-order valence-electron chi connectivity index (χ0n) is 28.3. The number of aliphatic carboxylic acids is 1. The molecule has 0 fully saturated rings. The van der Waals surface area contributed by atoms with Crippen molar-refractivity contribution in [2.24, 2.45) is 45.1 Å². The Morgan fingerprint density at radius 2 is 0.833 bits per heavy atom. The molecule has 18 nitrogen and oxygen atoms in total. The summed E-state index contributed by atoms with van der Waals surface area (Å²) in [5.41, 5.74) is 39.2. The highest BCUT2D eigenvalue weighted by Gasteiger charge is 2.31. The topological polar surface area (TPSA) is 348 Å². The van der Waals surface area contributed by atoms with Crippen molar-refractivity contribution in [2.75, 3.05) is 32.7 Å². The van der Waals surface area contributed by atoms with Gasteiger partial charge < -0.3 is 66.5 Å². The van der Waals surface area contributed by atoms with Gasteiger partial charge >= 0.3 is 5.97 Å². The van der Waals surface area contributed by atoms with Crippen molar-refractivity contribution in [3.05, 3.63) is 0 Å². The number of nitrogens with zero attached hydrogens (tertiary/aromatic N) is 1. The number of nitrogens with two attached hydrogens (primary N) is 7. The van der Waals surface area contributed by atoms with Crippen LogP contribution in [0.4, 0.5) is 0 Å². The second-order valence-corrected chi connectivity index (χ2v) is 11.8. The van der Waals surface area contributed by atoms with Crippen molar-refractivity contribution < 1.29 is 29.1 Å². The number of aliphatic imine (C=N–C) groups is 1.